The van der Waals surface area contributed by atoms with E-state index in [0.717, 1.165) is 22.4 Å². The number of aromatic nitrogens is 1. The van der Waals surface area contributed by atoms with Crippen LogP contribution in [0.5, 0.6) is 0 Å². The molecule has 20 heavy (non-hydrogen) atoms. The monoisotopic (exact) mass is 290 g/mol. The second kappa shape index (κ2) is 4.98. The fraction of sp³-hybridized carbons (Fsp3) is 0.333. The van der Waals surface area contributed by atoms with Crippen LogP contribution in [-0.2, 0) is 12.8 Å². The van der Waals surface area contributed by atoms with Gasteiger partial charge in [0.15, 0.2) is 0 Å². The Labute approximate surface area is 121 Å². The number of nitrogens with zero attached hydrogens (tertiary/aromatic N) is 2. The van der Waals surface area contributed by atoms with Crippen molar-refractivity contribution in [1.29, 1.82) is 0 Å². The molecule has 1 amide bonds. The van der Waals surface area contributed by atoms with Crippen LogP contribution in [0.1, 0.15) is 32.6 Å². The third-order valence-corrected chi connectivity index (χ3v) is 4.94. The predicted molar refractivity (Wildman–Crippen MR) is 78.0 cm³/mol. The summed E-state index contributed by atoms with van der Waals surface area (Å²) in [7, 11) is 0. The van der Waals surface area contributed by atoms with Crippen molar-refractivity contribution in [3.05, 3.63) is 45.0 Å². The molecular formula is C15H15FN2OS. The van der Waals surface area contributed by atoms with Gasteiger partial charge in [0, 0.05) is 11.4 Å². The number of halogens is 1. The molecule has 0 aliphatic carbocycles. The highest BCUT2D eigenvalue weighted by atomic mass is 32.1. The molecule has 1 aliphatic rings. The van der Waals surface area contributed by atoms with Crippen molar-refractivity contribution in [2.24, 2.45) is 0 Å². The summed E-state index contributed by atoms with van der Waals surface area (Å²) < 4.78 is 13.2. The molecule has 0 spiro atoms. The summed E-state index contributed by atoms with van der Waals surface area (Å²) in [4.78, 5) is 20.3. The van der Waals surface area contributed by atoms with Crippen LogP contribution in [0.2, 0.25) is 0 Å². The third-order valence-electron chi connectivity index (χ3n) is 3.57. The van der Waals surface area contributed by atoms with E-state index in [9.17, 15) is 9.18 Å². The van der Waals surface area contributed by atoms with Gasteiger partial charge in [-0.3, -0.25) is 9.69 Å². The molecule has 3 rings (SSSR count). The quantitative estimate of drug-likeness (QED) is 0.849. The highest BCUT2D eigenvalue weighted by Gasteiger charge is 2.28. The third kappa shape index (κ3) is 2.12. The smallest absolute Gasteiger partial charge is 0.269 e. The zero-order valence-corrected chi connectivity index (χ0v) is 12.3. The highest BCUT2D eigenvalue weighted by Crippen LogP contribution is 2.30. The lowest BCUT2D eigenvalue weighted by Crippen LogP contribution is -2.28. The molecule has 2 aromatic heterocycles. The van der Waals surface area contributed by atoms with Crippen LogP contribution in [0.4, 0.5) is 10.2 Å². The number of carbonyl (C=O) groups excluding carboxylic acids is 1. The van der Waals surface area contributed by atoms with Gasteiger partial charge < -0.3 is 0 Å². The molecule has 3 nitrogen and oxygen atoms in total. The second-order valence-electron chi connectivity index (χ2n) is 4.91. The number of pyridine rings is 1. The van der Waals surface area contributed by atoms with Gasteiger partial charge in [-0.25, -0.2) is 9.37 Å². The maximum absolute atomic E-state index is 13.2. The van der Waals surface area contributed by atoms with Gasteiger partial charge in [0.05, 0.1) is 11.1 Å². The number of aryl methyl sites for hydroxylation is 2. The van der Waals surface area contributed by atoms with Crippen LogP contribution >= 0.6 is 11.3 Å². The standard InChI is InChI=1S/C15H15FN2OS/c1-3-12-9(2)6-13(20-12)15(19)18-5-4-10-7-11(16)8-17-14(10)18/h6-8H,3-5H2,1-2H3. The SMILES string of the molecule is CCc1sc(C(=O)N2CCc3cc(F)cnc32)cc1C. The Morgan fingerprint density at radius 1 is 1.50 bits per heavy atom. The summed E-state index contributed by atoms with van der Waals surface area (Å²) in [5.74, 6) is 0.217. The van der Waals surface area contributed by atoms with E-state index in [1.54, 1.807) is 4.90 Å². The van der Waals surface area contributed by atoms with E-state index in [1.165, 1.54) is 28.5 Å². The van der Waals surface area contributed by atoms with Gasteiger partial charge in [-0.05, 0) is 43.0 Å². The number of rotatable bonds is 2. The van der Waals surface area contributed by atoms with E-state index in [1.807, 2.05) is 13.0 Å². The van der Waals surface area contributed by atoms with E-state index >= 15 is 0 Å². The number of fused-ring (bicyclic) bond motifs is 1. The van der Waals surface area contributed by atoms with Gasteiger partial charge in [-0.1, -0.05) is 6.92 Å². The fourth-order valence-electron chi connectivity index (χ4n) is 2.55. The molecule has 0 aromatic carbocycles. The van der Waals surface area contributed by atoms with Gasteiger partial charge in [0.2, 0.25) is 0 Å². The van der Waals surface area contributed by atoms with Crippen LogP contribution in [0.25, 0.3) is 0 Å². The Bertz CT molecular complexity index is 681. The fourth-order valence-corrected chi connectivity index (χ4v) is 3.61. The average Bonchev–Trinajstić information content (AvgIpc) is 3.00. The average molecular weight is 290 g/mol. The van der Waals surface area contributed by atoms with Crippen molar-refractivity contribution in [2.45, 2.75) is 26.7 Å². The number of hydrogen-bond donors (Lipinski definition) is 0. The molecule has 2 aromatic rings. The zero-order valence-electron chi connectivity index (χ0n) is 11.4. The number of carbonyl (C=O) groups is 1. The van der Waals surface area contributed by atoms with Crippen LogP contribution < -0.4 is 4.90 Å². The zero-order chi connectivity index (χ0) is 14.3. The predicted octanol–water partition coefficient (Wildman–Crippen LogP) is 3.36. The van der Waals surface area contributed by atoms with Crippen LogP contribution in [0.3, 0.4) is 0 Å². The summed E-state index contributed by atoms with van der Waals surface area (Å²) in [6, 6.07) is 3.40. The van der Waals surface area contributed by atoms with Gasteiger partial charge in [0.25, 0.3) is 5.91 Å². The maximum Gasteiger partial charge on any atom is 0.269 e. The molecule has 0 bridgehead atoms. The first-order valence-corrected chi connectivity index (χ1v) is 7.47. The molecule has 0 saturated heterocycles. The topological polar surface area (TPSA) is 33.2 Å². The lowest BCUT2D eigenvalue weighted by molar-refractivity contribution is 0.0992. The van der Waals surface area contributed by atoms with Crippen LogP contribution in [-0.4, -0.2) is 17.4 Å². The number of thiophene rings is 1. The Morgan fingerprint density at radius 2 is 2.30 bits per heavy atom. The van der Waals surface area contributed by atoms with E-state index in [2.05, 4.69) is 11.9 Å². The second-order valence-corrected chi connectivity index (χ2v) is 6.05. The summed E-state index contributed by atoms with van der Waals surface area (Å²) in [6.45, 7) is 4.68. The molecule has 0 saturated carbocycles. The van der Waals surface area contributed by atoms with E-state index in [0.29, 0.717) is 18.8 Å². The first-order chi connectivity index (χ1) is 9.60. The molecule has 1 aliphatic heterocycles. The maximum atomic E-state index is 13.2. The summed E-state index contributed by atoms with van der Waals surface area (Å²) in [5.41, 5.74) is 1.97. The van der Waals surface area contributed by atoms with E-state index in [4.69, 9.17) is 0 Å². The minimum absolute atomic E-state index is 0.0318. The van der Waals surface area contributed by atoms with Gasteiger partial charge in [-0.2, -0.15) is 0 Å². The van der Waals surface area contributed by atoms with E-state index in [-0.39, 0.29) is 11.7 Å². The van der Waals surface area contributed by atoms with Gasteiger partial charge in [0.1, 0.15) is 11.6 Å². The van der Waals surface area contributed by atoms with Crippen molar-refractivity contribution in [1.82, 2.24) is 4.98 Å². The molecule has 5 heteroatoms. The molecule has 3 heterocycles. The lowest BCUT2D eigenvalue weighted by atomic mass is 10.2. The minimum atomic E-state index is -0.349. The summed E-state index contributed by atoms with van der Waals surface area (Å²) in [5, 5.41) is 0. The molecular weight excluding hydrogens is 275 g/mol. The van der Waals surface area contributed by atoms with E-state index < -0.39 is 0 Å². The van der Waals surface area contributed by atoms with Crippen molar-refractivity contribution >= 4 is 23.1 Å². The van der Waals surface area contributed by atoms with Gasteiger partial charge >= 0.3 is 0 Å². The molecule has 104 valence electrons. The number of anilines is 1. The Balaban J connectivity index is 1.93. The number of amides is 1. The minimum Gasteiger partial charge on any atom is -0.291 e. The van der Waals surface area contributed by atoms with Crippen molar-refractivity contribution in [3.8, 4) is 0 Å². The number of hydrogen-bond acceptors (Lipinski definition) is 3. The largest absolute Gasteiger partial charge is 0.291 e. The highest BCUT2D eigenvalue weighted by molar-refractivity contribution is 7.14. The first kappa shape index (κ1) is 13.2. The molecule has 0 atom stereocenters. The Morgan fingerprint density at radius 3 is 3.00 bits per heavy atom. The summed E-state index contributed by atoms with van der Waals surface area (Å²) in [6.07, 6.45) is 2.77. The van der Waals surface area contributed by atoms with Crippen LogP contribution in [0, 0.1) is 12.7 Å². The van der Waals surface area contributed by atoms with Crippen molar-refractivity contribution < 1.29 is 9.18 Å². The molecule has 0 fully saturated rings. The molecule has 0 N–H and O–H groups in total. The molecule has 0 unspecified atom stereocenters. The summed E-state index contributed by atoms with van der Waals surface area (Å²) >= 11 is 1.54. The molecule has 0 radical (unpaired) electrons. The first-order valence-electron chi connectivity index (χ1n) is 6.65. The van der Waals surface area contributed by atoms with Crippen molar-refractivity contribution in [2.75, 3.05) is 11.4 Å². The normalized spacial score (nSPS) is 13.7. The van der Waals surface area contributed by atoms with Crippen LogP contribution in [0.15, 0.2) is 18.3 Å². The van der Waals surface area contributed by atoms with Crippen molar-refractivity contribution in [3.63, 3.8) is 0 Å². The lowest BCUT2D eigenvalue weighted by Gasteiger charge is -2.14. The Hall–Kier alpha value is -1.75. The van der Waals surface area contributed by atoms with Gasteiger partial charge in [-0.15, -0.1) is 11.3 Å². The Kier molecular flexibility index (Phi) is 3.30.